The lowest BCUT2D eigenvalue weighted by atomic mass is 10.1. The van der Waals surface area contributed by atoms with E-state index >= 15 is 0 Å². The molecule has 0 N–H and O–H groups in total. The number of esters is 1. The van der Waals surface area contributed by atoms with E-state index in [1.165, 1.54) is 0 Å². The number of rotatable bonds is 12. The molecule has 0 heterocycles. The molecular weight excluding hydrogens is 494 g/mol. The molecule has 0 spiro atoms. The predicted molar refractivity (Wildman–Crippen MR) is 129 cm³/mol. The summed E-state index contributed by atoms with van der Waals surface area (Å²) in [6.45, 7) is 8.29. The van der Waals surface area contributed by atoms with Crippen molar-refractivity contribution in [3.8, 4) is 5.75 Å². The number of ether oxygens (including phenoxy) is 2. The zero-order valence-electron chi connectivity index (χ0n) is 19.1. The molecular formula is C24H32BrNO5S. The molecule has 32 heavy (non-hydrogen) atoms. The maximum atomic E-state index is 13.1. The van der Waals surface area contributed by atoms with Crippen LogP contribution in [0.1, 0.15) is 46.1 Å². The molecule has 176 valence electrons. The van der Waals surface area contributed by atoms with Crippen molar-refractivity contribution in [1.82, 2.24) is 4.31 Å². The highest BCUT2D eigenvalue weighted by atomic mass is 79.9. The van der Waals surface area contributed by atoms with E-state index in [9.17, 15) is 13.2 Å². The third-order valence-electron chi connectivity index (χ3n) is 4.86. The van der Waals surface area contributed by atoms with Crippen LogP contribution >= 0.6 is 15.9 Å². The van der Waals surface area contributed by atoms with Crippen molar-refractivity contribution in [2.24, 2.45) is 0 Å². The lowest BCUT2D eigenvalue weighted by Crippen LogP contribution is -2.39. The van der Waals surface area contributed by atoms with Gasteiger partial charge in [-0.3, -0.25) is 0 Å². The van der Waals surface area contributed by atoms with Crippen molar-refractivity contribution in [3.05, 3.63) is 58.6 Å². The average Bonchev–Trinajstić information content (AvgIpc) is 2.74. The van der Waals surface area contributed by atoms with Gasteiger partial charge in [-0.05, 0) is 85.8 Å². The molecule has 6 nitrogen and oxygen atoms in total. The summed E-state index contributed by atoms with van der Waals surface area (Å²) >= 11 is 3.35. The number of nitrogens with zero attached hydrogens (tertiary/aromatic N) is 1. The van der Waals surface area contributed by atoms with Crippen LogP contribution in [0.2, 0.25) is 0 Å². The van der Waals surface area contributed by atoms with Crippen LogP contribution in [-0.4, -0.2) is 44.0 Å². The van der Waals surface area contributed by atoms with Crippen LogP contribution in [0.3, 0.4) is 0 Å². The van der Waals surface area contributed by atoms with Gasteiger partial charge in [0, 0.05) is 17.6 Å². The summed E-state index contributed by atoms with van der Waals surface area (Å²) in [4.78, 5) is 12.3. The summed E-state index contributed by atoms with van der Waals surface area (Å²) < 4.78 is 39.2. The number of benzene rings is 2. The lowest BCUT2D eigenvalue weighted by Gasteiger charge is -2.24. The fourth-order valence-corrected chi connectivity index (χ4v) is 5.75. The van der Waals surface area contributed by atoms with Crippen LogP contribution in [0.15, 0.2) is 57.9 Å². The highest BCUT2D eigenvalue weighted by molar-refractivity contribution is 9.10. The molecule has 0 saturated carbocycles. The number of aryl methyl sites for hydroxylation is 1. The zero-order valence-corrected chi connectivity index (χ0v) is 21.5. The second-order valence-corrected chi connectivity index (χ2v) is 10.7. The topological polar surface area (TPSA) is 72.9 Å². The van der Waals surface area contributed by atoms with E-state index in [0.717, 1.165) is 18.4 Å². The second kappa shape index (κ2) is 11.8. The fourth-order valence-electron chi connectivity index (χ4n) is 3.22. The Morgan fingerprint density at radius 1 is 1.03 bits per heavy atom. The van der Waals surface area contributed by atoms with Crippen LogP contribution in [-0.2, 0) is 26.0 Å². The minimum Gasteiger partial charge on any atom is -0.476 e. The molecule has 0 bridgehead atoms. The predicted octanol–water partition coefficient (Wildman–Crippen LogP) is 5.20. The van der Waals surface area contributed by atoms with Gasteiger partial charge in [-0.15, -0.1) is 0 Å². The van der Waals surface area contributed by atoms with Crippen LogP contribution in [0.4, 0.5) is 0 Å². The Morgan fingerprint density at radius 3 is 2.28 bits per heavy atom. The third kappa shape index (κ3) is 7.05. The minimum absolute atomic E-state index is 0.291. The molecule has 2 aromatic rings. The van der Waals surface area contributed by atoms with Gasteiger partial charge in [0.15, 0.2) is 5.60 Å². The molecule has 0 atom stereocenters. The van der Waals surface area contributed by atoms with E-state index in [1.807, 2.05) is 31.2 Å². The molecule has 0 unspecified atom stereocenters. The van der Waals surface area contributed by atoms with E-state index in [4.69, 9.17) is 9.47 Å². The number of hydrogen-bond acceptors (Lipinski definition) is 5. The number of sulfonamides is 1. The van der Waals surface area contributed by atoms with Crippen LogP contribution in [0, 0.1) is 0 Å². The van der Waals surface area contributed by atoms with Gasteiger partial charge in [0.2, 0.25) is 10.0 Å². The molecule has 0 saturated heterocycles. The van der Waals surface area contributed by atoms with Gasteiger partial charge in [0.1, 0.15) is 5.75 Å². The maximum absolute atomic E-state index is 13.1. The van der Waals surface area contributed by atoms with Crippen LogP contribution in [0.5, 0.6) is 5.75 Å². The Bertz CT molecular complexity index is 990. The number of halogens is 1. The molecule has 0 amide bonds. The first-order valence-corrected chi connectivity index (χ1v) is 13.0. The first-order valence-electron chi connectivity index (χ1n) is 10.8. The van der Waals surface area contributed by atoms with Gasteiger partial charge in [0.05, 0.1) is 11.5 Å². The Balaban J connectivity index is 1.99. The minimum atomic E-state index is -3.57. The molecule has 8 heteroatoms. The lowest BCUT2D eigenvalue weighted by molar-refractivity contribution is -0.158. The third-order valence-corrected chi connectivity index (χ3v) is 7.77. The average molecular weight is 526 g/mol. The van der Waals surface area contributed by atoms with Crippen molar-refractivity contribution >= 4 is 31.9 Å². The van der Waals surface area contributed by atoms with Gasteiger partial charge < -0.3 is 9.47 Å². The van der Waals surface area contributed by atoms with Crippen molar-refractivity contribution in [3.63, 3.8) is 0 Å². The van der Waals surface area contributed by atoms with Crippen molar-refractivity contribution in [2.45, 2.75) is 57.5 Å². The van der Waals surface area contributed by atoms with E-state index in [0.29, 0.717) is 41.2 Å². The standard InChI is InChI=1S/C24H32BrNO5S/c1-5-17-26(32(28,29)22-12-8-7-11-21(22)25)18-9-10-19-13-15-20(16-14-19)31-24(3,4)23(27)30-6-2/h7-8,11-16H,5-6,9-10,17-18H2,1-4H3. The van der Waals surface area contributed by atoms with E-state index in [-0.39, 0.29) is 0 Å². The molecule has 0 aromatic heterocycles. The van der Waals surface area contributed by atoms with Gasteiger partial charge in [-0.1, -0.05) is 31.2 Å². The van der Waals surface area contributed by atoms with Crippen molar-refractivity contribution < 1.29 is 22.7 Å². The second-order valence-electron chi connectivity index (χ2n) is 7.91. The van der Waals surface area contributed by atoms with Gasteiger partial charge in [0.25, 0.3) is 0 Å². The molecule has 0 aliphatic carbocycles. The highest BCUT2D eigenvalue weighted by Crippen LogP contribution is 2.25. The first kappa shape index (κ1) is 26.4. The van der Waals surface area contributed by atoms with Gasteiger partial charge in [-0.25, -0.2) is 13.2 Å². The largest absolute Gasteiger partial charge is 0.476 e. The Morgan fingerprint density at radius 2 is 1.69 bits per heavy atom. The fraction of sp³-hybridized carbons (Fsp3) is 0.458. The number of hydrogen-bond donors (Lipinski definition) is 0. The normalized spacial score (nSPS) is 12.1. The highest BCUT2D eigenvalue weighted by Gasteiger charge is 2.31. The molecule has 0 aliphatic rings. The summed E-state index contributed by atoms with van der Waals surface area (Å²) in [5.41, 5.74) is -0.000781. The van der Waals surface area contributed by atoms with Crippen LogP contribution in [0.25, 0.3) is 0 Å². The quantitative estimate of drug-likeness (QED) is 0.356. The van der Waals surface area contributed by atoms with Crippen molar-refractivity contribution in [1.29, 1.82) is 0 Å². The number of carbonyl (C=O) groups is 1. The Labute approximate surface area is 200 Å². The molecule has 2 rings (SSSR count). The number of carbonyl (C=O) groups excluding carboxylic acids is 1. The summed E-state index contributed by atoms with van der Waals surface area (Å²) in [7, 11) is -3.57. The summed E-state index contributed by atoms with van der Waals surface area (Å²) in [6, 6.07) is 14.4. The molecule has 0 radical (unpaired) electrons. The molecule has 0 fully saturated rings. The molecule has 2 aromatic carbocycles. The first-order chi connectivity index (χ1) is 15.1. The monoisotopic (exact) mass is 525 g/mol. The van der Waals surface area contributed by atoms with Crippen LogP contribution < -0.4 is 4.74 Å². The summed E-state index contributed by atoms with van der Waals surface area (Å²) in [5.74, 6) is 0.169. The smallest absolute Gasteiger partial charge is 0.349 e. The summed E-state index contributed by atoms with van der Waals surface area (Å²) in [5, 5.41) is 0. The SMILES string of the molecule is CCCN(CCCc1ccc(OC(C)(C)C(=O)OCC)cc1)S(=O)(=O)c1ccccc1Br. The Kier molecular flexibility index (Phi) is 9.73. The van der Waals surface area contributed by atoms with Crippen molar-refractivity contribution in [2.75, 3.05) is 19.7 Å². The summed E-state index contributed by atoms with van der Waals surface area (Å²) in [6.07, 6.45) is 2.16. The van der Waals surface area contributed by atoms with Gasteiger partial charge >= 0.3 is 5.97 Å². The maximum Gasteiger partial charge on any atom is 0.349 e. The zero-order chi connectivity index (χ0) is 23.8. The van der Waals surface area contributed by atoms with E-state index in [1.54, 1.807) is 49.3 Å². The van der Waals surface area contributed by atoms with E-state index < -0.39 is 21.6 Å². The van der Waals surface area contributed by atoms with E-state index in [2.05, 4.69) is 15.9 Å². The Hall–Kier alpha value is -1.90. The molecule has 0 aliphatic heterocycles. The van der Waals surface area contributed by atoms with Gasteiger partial charge in [-0.2, -0.15) is 4.31 Å².